The zero-order valence-corrected chi connectivity index (χ0v) is 10.0. The lowest BCUT2D eigenvalue weighted by Gasteiger charge is -2.02. The third kappa shape index (κ3) is 1.70. The standard InChI is InChI=1S/C8H5BBrClO2S/c10-7-5(9(12)13)2-1-4-3-6(11)14-8(4)7/h1-3,12-13H. The van der Waals surface area contributed by atoms with Crippen molar-refractivity contribution < 1.29 is 10.0 Å². The number of halogens is 2. The van der Waals surface area contributed by atoms with E-state index in [9.17, 15) is 0 Å². The second-order valence-corrected chi connectivity index (χ2v) is 5.29. The molecule has 1 heterocycles. The van der Waals surface area contributed by atoms with Gasteiger partial charge in [-0.2, -0.15) is 0 Å². The zero-order valence-electron chi connectivity index (χ0n) is 6.87. The SMILES string of the molecule is OB(O)c1ccc2cc(Cl)sc2c1Br. The Morgan fingerprint density at radius 1 is 1.36 bits per heavy atom. The van der Waals surface area contributed by atoms with Gasteiger partial charge in [0.05, 0.1) is 4.34 Å². The maximum Gasteiger partial charge on any atom is 0.489 e. The predicted octanol–water partition coefficient (Wildman–Crippen LogP) is 2.00. The van der Waals surface area contributed by atoms with Crippen LogP contribution in [0.25, 0.3) is 10.1 Å². The topological polar surface area (TPSA) is 40.5 Å². The first kappa shape index (κ1) is 10.5. The lowest BCUT2D eigenvalue weighted by atomic mass is 9.80. The van der Waals surface area contributed by atoms with Crippen LogP contribution in [0.1, 0.15) is 0 Å². The van der Waals surface area contributed by atoms with Gasteiger partial charge in [-0.05, 0) is 32.8 Å². The van der Waals surface area contributed by atoms with Crippen molar-refractivity contribution in [3.8, 4) is 0 Å². The molecule has 1 aromatic carbocycles. The predicted molar refractivity (Wildman–Crippen MR) is 64.4 cm³/mol. The minimum atomic E-state index is -1.46. The minimum absolute atomic E-state index is 0.455. The molecule has 0 aliphatic carbocycles. The molecule has 0 bridgehead atoms. The van der Waals surface area contributed by atoms with Crippen LogP contribution in [0.15, 0.2) is 22.7 Å². The molecule has 1 aromatic heterocycles. The summed E-state index contributed by atoms with van der Waals surface area (Å²) in [4.78, 5) is 0. The highest BCUT2D eigenvalue weighted by Crippen LogP contribution is 2.33. The number of fused-ring (bicyclic) bond motifs is 1. The molecule has 0 fully saturated rings. The summed E-state index contributed by atoms with van der Waals surface area (Å²) in [6, 6.07) is 5.33. The summed E-state index contributed by atoms with van der Waals surface area (Å²) in [5, 5.41) is 19.1. The molecule has 0 atom stereocenters. The van der Waals surface area contributed by atoms with Crippen LogP contribution in [0.5, 0.6) is 0 Å². The van der Waals surface area contributed by atoms with E-state index in [1.54, 1.807) is 6.07 Å². The highest BCUT2D eigenvalue weighted by Gasteiger charge is 2.17. The van der Waals surface area contributed by atoms with E-state index in [1.807, 2.05) is 12.1 Å². The molecule has 0 aliphatic rings. The van der Waals surface area contributed by atoms with Gasteiger partial charge in [-0.25, -0.2) is 0 Å². The second-order valence-electron chi connectivity index (χ2n) is 2.81. The number of rotatable bonds is 1. The number of hydrogen-bond acceptors (Lipinski definition) is 3. The molecule has 0 radical (unpaired) electrons. The van der Waals surface area contributed by atoms with E-state index in [0.717, 1.165) is 10.1 Å². The Morgan fingerprint density at radius 2 is 2.07 bits per heavy atom. The molecular formula is C8H5BBrClO2S. The first-order chi connectivity index (χ1) is 6.59. The lowest BCUT2D eigenvalue weighted by Crippen LogP contribution is -2.30. The summed E-state index contributed by atoms with van der Waals surface area (Å²) >= 11 is 10.6. The van der Waals surface area contributed by atoms with Crippen LogP contribution in [-0.2, 0) is 0 Å². The molecule has 2 rings (SSSR count). The summed E-state index contributed by atoms with van der Waals surface area (Å²) in [5.41, 5.74) is 0.455. The lowest BCUT2D eigenvalue weighted by molar-refractivity contribution is 0.425. The van der Waals surface area contributed by atoms with Gasteiger partial charge in [-0.1, -0.05) is 23.7 Å². The maximum atomic E-state index is 9.07. The molecule has 2 N–H and O–H groups in total. The Kier molecular flexibility index (Phi) is 2.86. The van der Waals surface area contributed by atoms with E-state index >= 15 is 0 Å². The fraction of sp³-hybridized carbons (Fsp3) is 0. The third-order valence-electron chi connectivity index (χ3n) is 1.90. The normalized spacial score (nSPS) is 10.9. The van der Waals surface area contributed by atoms with Gasteiger partial charge in [0.1, 0.15) is 0 Å². The van der Waals surface area contributed by atoms with E-state index in [-0.39, 0.29) is 0 Å². The van der Waals surface area contributed by atoms with E-state index in [1.165, 1.54) is 11.3 Å². The van der Waals surface area contributed by atoms with Gasteiger partial charge in [0.25, 0.3) is 0 Å². The average molecular weight is 291 g/mol. The van der Waals surface area contributed by atoms with Crippen LogP contribution in [0.2, 0.25) is 4.34 Å². The van der Waals surface area contributed by atoms with Crippen molar-refractivity contribution in [2.45, 2.75) is 0 Å². The maximum absolute atomic E-state index is 9.07. The molecule has 0 aliphatic heterocycles. The first-order valence-corrected chi connectivity index (χ1v) is 5.82. The zero-order chi connectivity index (χ0) is 10.3. The van der Waals surface area contributed by atoms with E-state index in [0.29, 0.717) is 14.3 Å². The van der Waals surface area contributed by atoms with E-state index < -0.39 is 7.12 Å². The fourth-order valence-electron chi connectivity index (χ4n) is 1.25. The van der Waals surface area contributed by atoms with Crippen molar-refractivity contribution in [3.63, 3.8) is 0 Å². The molecule has 0 unspecified atom stereocenters. The third-order valence-corrected chi connectivity index (χ3v) is 4.32. The average Bonchev–Trinajstić information content (AvgIpc) is 2.46. The van der Waals surface area contributed by atoms with Gasteiger partial charge < -0.3 is 10.0 Å². The second kappa shape index (κ2) is 3.83. The quantitative estimate of drug-likeness (QED) is 0.789. The van der Waals surface area contributed by atoms with Crippen LogP contribution in [0.4, 0.5) is 0 Å². The Morgan fingerprint density at radius 3 is 2.71 bits per heavy atom. The molecule has 0 saturated carbocycles. The summed E-state index contributed by atoms with van der Waals surface area (Å²) in [5.74, 6) is 0. The van der Waals surface area contributed by atoms with Gasteiger partial charge in [-0.3, -0.25) is 0 Å². The molecule has 0 spiro atoms. The summed E-state index contributed by atoms with van der Waals surface area (Å²) in [7, 11) is -1.46. The van der Waals surface area contributed by atoms with Crippen molar-refractivity contribution in [1.29, 1.82) is 0 Å². The molecule has 14 heavy (non-hydrogen) atoms. The smallest absolute Gasteiger partial charge is 0.423 e. The Labute approximate surface area is 98.4 Å². The number of benzene rings is 1. The summed E-state index contributed by atoms with van der Waals surface area (Å²) < 4.78 is 2.31. The van der Waals surface area contributed by atoms with Crippen LogP contribution < -0.4 is 5.46 Å². The van der Waals surface area contributed by atoms with Gasteiger partial charge >= 0.3 is 7.12 Å². The summed E-state index contributed by atoms with van der Waals surface area (Å²) in [6.07, 6.45) is 0. The molecular weight excluding hydrogens is 286 g/mol. The van der Waals surface area contributed by atoms with Crippen molar-refractivity contribution in [2.24, 2.45) is 0 Å². The Balaban J connectivity index is 2.74. The van der Waals surface area contributed by atoms with E-state index in [2.05, 4.69) is 15.9 Å². The van der Waals surface area contributed by atoms with Gasteiger partial charge in [0.2, 0.25) is 0 Å². The monoisotopic (exact) mass is 290 g/mol. The van der Waals surface area contributed by atoms with E-state index in [4.69, 9.17) is 21.6 Å². The Bertz CT molecular complexity index is 485. The molecule has 72 valence electrons. The van der Waals surface area contributed by atoms with Crippen LogP contribution in [0.3, 0.4) is 0 Å². The summed E-state index contributed by atoms with van der Waals surface area (Å²) in [6.45, 7) is 0. The van der Waals surface area contributed by atoms with Gasteiger partial charge in [-0.15, -0.1) is 11.3 Å². The highest BCUT2D eigenvalue weighted by atomic mass is 79.9. The van der Waals surface area contributed by atoms with Crippen molar-refractivity contribution in [2.75, 3.05) is 0 Å². The molecule has 2 aromatic rings. The Hall–Kier alpha value is -0.0651. The highest BCUT2D eigenvalue weighted by molar-refractivity contribution is 9.10. The van der Waals surface area contributed by atoms with Crippen LogP contribution in [-0.4, -0.2) is 17.2 Å². The van der Waals surface area contributed by atoms with Crippen molar-refractivity contribution >= 4 is 61.5 Å². The van der Waals surface area contributed by atoms with Gasteiger partial charge in [0.15, 0.2) is 0 Å². The minimum Gasteiger partial charge on any atom is -0.423 e. The van der Waals surface area contributed by atoms with Crippen molar-refractivity contribution in [3.05, 3.63) is 27.0 Å². The largest absolute Gasteiger partial charge is 0.489 e. The van der Waals surface area contributed by atoms with Crippen molar-refractivity contribution in [1.82, 2.24) is 0 Å². The molecule has 6 heteroatoms. The molecule has 0 saturated heterocycles. The van der Waals surface area contributed by atoms with Crippen LogP contribution in [0, 0.1) is 0 Å². The van der Waals surface area contributed by atoms with Crippen LogP contribution >= 0.6 is 38.9 Å². The molecule has 0 amide bonds. The van der Waals surface area contributed by atoms with Gasteiger partial charge in [0, 0.05) is 9.17 Å². The fourth-order valence-corrected chi connectivity index (χ4v) is 3.24. The molecule has 2 nitrogen and oxygen atoms in total. The first-order valence-electron chi connectivity index (χ1n) is 3.83. The number of thiophene rings is 1. The number of hydrogen-bond donors (Lipinski definition) is 2.